The van der Waals surface area contributed by atoms with Crippen LogP contribution in [0.2, 0.25) is 0 Å². The predicted molar refractivity (Wildman–Crippen MR) is 37.1 cm³/mol. The fraction of sp³-hybridized carbons (Fsp3) is 0.800. The molecular formula is C5H11NS. The van der Waals surface area contributed by atoms with Crippen LogP contribution in [0, 0.1) is 0 Å². The normalized spacial score (nSPS) is 15.3. The second-order valence-electron chi connectivity index (χ2n) is 1.24. The Bertz CT molecular complexity index is 61.1. The monoisotopic (exact) mass is 117 g/mol. The van der Waals surface area contributed by atoms with Crippen LogP contribution in [-0.2, 0) is 0 Å². The highest BCUT2D eigenvalue weighted by atomic mass is 32.2. The van der Waals surface area contributed by atoms with Gasteiger partial charge in [0.25, 0.3) is 0 Å². The van der Waals surface area contributed by atoms with E-state index < -0.39 is 0 Å². The lowest BCUT2D eigenvalue weighted by Crippen LogP contribution is -1.86. The van der Waals surface area contributed by atoms with Gasteiger partial charge in [0.1, 0.15) is 0 Å². The second kappa shape index (κ2) is 4.19. The lowest BCUT2D eigenvalue weighted by Gasteiger charge is -1.95. The van der Waals surface area contributed by atoms with Gasteiger partial charge < -0.3 is 0 Å². The Morgan fingerprint density at radius 3 is 2.43 bits per heavy atom. The highest BCUT2D eigenvalue weighted by Gasteiger charge is 1.87. The Balaban J connectivity index is 3.16. The lowest BCUT2D eigenvalue weighted by molar-refractivity contribution is 1.05. The predicted octanol–water partition coefficient (Wildman–Crippen LogP) is 1.79. The number of nitrogens with zero attached hydrogens (tertiary/aromatic N) is 1. The van der Waals surface area contributed by atoms with E-state index >= 15 is 0 Å². The summed E-state index contributed by atoms with van der Waals surface area (Å²) in [5.41, 5.74) is 0. The summed E-state index contributed by atoms with van der Waals surface area (Å²) in [6, 6.07) is 0. The first-order valence-electron chi connectivity index (χ1n) is 2.32. The van der Waals surface area contributed by atoms with Crippen molar-refractivity contribution in [2.75, 3.05) is 6.26 Å². The largest absolute Gasteiger partial charge is 0.284 e. The van der Waals surface area contributed by atoms with Crippen LogP contribution < -0.4 is 0 Å². The van der Waals surface area contributed by atoms with E-state index in [1.54, 1.807) is 11.8 Å². The van der Waals surface area contributed by atoms with Crippen molar-refractivity contribution in [3.8, 4) is 0 Å². The minimum atomic E-state index is 0.435. The summed E-state index contributed by atoms with van der Waals surface area (Å²) in [6.07, 6.45) is 3.89. The van der Waals surface area contributed by atoms with E-state index in [2.05, 4.69) is 18.2 Å². The van der Waals surface area contributed by atoms with Crippen LogP contribution >= 0.6 is 11.8 Å². The van der Waals surface area contributed by atoms with Gasteiger partial charge in [-0.05, 0) is 26.3 Å². The number of aliphatic imine (C=N–C) groups is 1. The van der Waals surface area contributed by atoms with Crippen molar-refractivity contribution in [2.24, 2.45) is 4.99 Å². The van der Waals surface area contributed by atoms with E-state index in [1.165, 1.54) is 0 Å². The van der Waals surface area contributed by atoms with Crippen molar-refractivity contribution >= 4 is 18.0 Å². The van der Waals surface area contributed by atoms with E-state index in [0.29, 0.717) is 5.37 Å². The Labute approximate surface area is 49.2 Å². The molecule has 7 heavy (non-hydrogen) atoms. The molecule has 1 nitrogen and oxygen atoms in total. The van der Waals surface area contributed by atoms with E-state index in [9.17, 15) is 0 Å². The summed E-state index contributed by atoms with van der Waals surface area (Å²) in [4.78, 5) is 4.08. The van der Waals surface area contributed by atoms with Crippen LogP contribution in [-0.4, -0.2) is 17.8 Å². The first-order chi connectivity index (χ1) is 3.31. The number of rotatable bonds is 2. The molecule has 0 aromatic carbocycles. The molecule has 0 aliphatic rings. The molecule has 0 aliphatic carbocycles. The van der Waals surface area contributed by atoms with Gasteiger partial charge in [0, 0.05) is 0 Å². The van der Waals surface area contributed by atoms with Crippen LogP contribution in [0.25, 0.3) is 0 Å². The van der Waals surface area contributed by atoms with Gasteiger partial charge >= 0.3 is 0 Å². The molecule has 0 saturated carbocycles. The molecule has 42 valence electrons. The summed E-state index contributed by atoms with van der Waals surface area (Å²) in [6.45, 7) is 4.01. The molecule has 0 rings (SSSR count). The zero-order valence-corrected chi connectivity index (χ0v) is 5.83. The molecule has 0 saturated heterocycles. The van der Waals surface area contributed by atoms with Gasteiger partial charge in [0.2, 0.25) is 0 Å². The Morgan fingerprint density at radius 2 is 2.29 bits per heavy atom. The van der Waals surface area contributed by atoms with E-state index in [-0.39, 0.29) is 0 Å². The van der Waals surface area contributed by atoms with E-state index in [1.807, 2.05) is 13.1 Å². The van der Waals surface area contributed by atoms with Crippen LogP contribution in [0.4, 0.5) is 0 Å². The van der Waals surface area contributed by atoms with Crippen LogP contribution in [0.3, 0.4) is 0 Å². The maximum absolute atomic E-state index is 4.08. The van der Waals surface area contributed by atoms with Crippen LogP contribution in [0.5, 0.6) is 0 Å². The Hall–Kier alpha value is 0.0200. The van der Waals surface area contributed by atoms with Crippen molar-refractivity contribution in [3.05, 3.63) is 0 Å². The first kappa shape index (κ1) is 7.02. The molecule has 0 fully saturated rings. The fourth-order valence-corrected chi connectivity index (χ4v) is 0.514. The van der Waals surface area contributed by atoms with E-state index in [0.717, 1.165) is 0 Å². The summed E-state index contributed by atoms with van der Waals surface area (Å²) in [7, 11) is 0. The first-order valence-corrected chi connectivity index (χ1v) is 3.60. The molecule has 0 aromatic heterocycles. The average molecular weight is 117 g/mol. The fourth-order valence-electron chi connectivity index (χ4n) is 0.271. The highest BCUT2D eigenvalue weighted by Crippen LogP contribution is 2.03. The lowest BCUT2D eigenvalue weighted by atomic mass is 10.7. The number of hydrogen-bond donors (Lipinski definition) is 0. The third kappa shape index (κ3) is 3.86. The zero-order chi connectivity index (χ0) is 5.70. The van der Waals surface area contributed by atoms with Crippen molar-refractivity contribution in [1.82, 2.24) is 0 Å². The van der Waals surface area contributed by atoms with Gasteiger partial charge in [-0.1, -0.05) is 0 Å². The number of hydrogen-bond acceptors (Lipinski definition) is 2. The second-order valence-corrected chi connectivity index (χ2v) is 2.40. The molecular weight excluding hydrogens is 106 g/mol. The Kier molecular flexibility index (Phi) is 4.20. The van der Waals surface area contributed by atoms with Gasteiger partial charge in [-0.25, -0.2) is 0 Å². The SMILES string of the molecule is C/C=N\C(C)SC. The third-order valence-corrected chi connectivity index (χ3v) is 1.50. The van der Waals surface area contributed by atoms with Crippen molar-refractivity contribution in [1.29, 1.82) is 0 Å². The minimum Gasteiger partial charge on any atom is -0.284 e. The minimum absolute atomic E-state index is 0.435. The maximum atomic E-state index is 4.08. The molecule has 0 spiro atoms. The summed E-state index contributed by atoms with van der Waals surface area (Å²) >= 11 is 1.75. The molecule has 1 unspecified atom stereocenters. The van der Waals surface area contributed by atoms with Gasteiger partial charge in [-0.3, -0.25) is 4.99 Å². The zero-order valence-electron chi connectivity index (χ0n) is 5.01. The molecule has 0 aliphatic heterocycles. The molecule has 1 atom stereocenters. The summed E-state index contributed by atoms with van der Waals surface area (Å²) < 4.78 is 0. The smallest absolute Gasteiger partial charge is 0.0916 e. The summed E-state index contributed by atoms with van der Waals surface area (Å²) in [5, 5.41) is 0.435. The van der Waals surface area contributed by atoms with Crippen molar-refractivity contribution in [2.45, 2.75) is 19.2 Å². The van der Waals surface area contributed by atoms with Crippen LogP contribution in [0.1, 0.15) is 13.8 Å². The molecule has 2 heteroatoms. The van der Waals surface area contributed by atoms with Crippen molar-refractivity contribution in [3.63, 3.8) is 0 Å². The molecule has 0 aromatic rings. The molecule has 0 heterocycles. The van der Waals surface area contributed by atoms with Gasteiger partial charge in [-0.2, -0.15) is 0 Å². The van der Waals surface area contributed by atoms with Crippen LogP contribution in [0.15, 0.2) is 4.99 Å². The molecule has 0 radical (unpaired) electrons. The summed E-state index contributed by atoms with van der Waals surface area (Å²) in [5.74, 6) is 0. The molecule has 0 bridgehead atoms. The molecule has 0 N–H and O–H groups in total. The van der Waals surface area contributed by atoms with Gasteiger partial charge in [-0.15, -0.1) is 11.8 Å². The average Bonchev–Trinajstić information content (AvgIpc) is 1.68. The van der Waals surface area contributed by atoms with E-state index in [4.69, 9.17) is 0 Å². The quantitative estimate of drug-likeness (QED) is 0.502. The Morgan fingerprint density at radius 1 is 1.71 bits per heavy atom. The highest BCUT2D eigenvalue weighted by molar-refractivity contribution is 7.99. The van der Waals surface area contributed by atoms with Gasteiger partial charge in [0.05, 0.1) is 5.37 Å². The van der Waals surface area contributed by atoms with Crippen molar-refractivity contribution < 1.29 is 0 Å². The van der Waals surface area contributed by atoms with Gasteiger partial charge in [0.15, 0.2) is 0 Å². The number of thioether (sulfide) groups is 1. The topological polar surface area (TPSA) is 12.4 Å². The third-order valence-electron chi connectivity index (χ3n) is 0.700. The molecule has 0 amide bonds. The maximum Gasteiger partial charge on any atom is 0.0916 e. The standard InChI is InChI=1S/C5H11NS/c1-4-6-5(2)7-3/h4-5H,1-3H3/b6-4-.